The maximum atomic E-state index is 12.0. The maximum absolute atomic E-state index is 12.0. The van der Waals surface area contributed by atoms with Crippen LogP contribution in [0.4, 0.5) is 11.4 Å². The summed E-state index contributed by atoms with van der Waals surface area (Å²) in [6.07, 6.45) is 1.23. The van der Waals surface area contributed by atoms with Crippen LogP contribution >= 0.6 is 0 Å². The maximum Gasteiger partial charge on any atom is 0.224 e. The molecular weight excluding hydrogens is 264 g/mol. The van der Waals surface area contributed by atoms with E-state index in [9.17, 15) is 4.79 Å². The normalized spacial score (nSPS) is 17.8. The minimum absolute atomic E-state index is 0.0168. The molecule has 0 saturated carbocycles. The summed E-state index contributed by atoms with van der Waals surface area (Å²) >= 11 is 0. The summed E-state index contributed by atoms with van der Waals surface area (Å²) in [6.45, 7) is 0. The summed E-state index contributed by atoms with van der Waals surface area (Å²) in [6, 6.07) is 16.0. The molecule has 108 valence electrons. The number of ether oxygens (including phenoxy) is 1. The second kappa shape index (κ2) is 5.87. The number of methoxy groups -OCH3 is 1. The van der Waals surface area contributed by atoms with Gasteiger partial charge in [0.05, 0.1) is 18.8 Å². The van der Waals surface area contributed by atoms with Gasteiger partial charge >= 0.3 is 0 Å². The van der Waals surface area contributed by atoms with Crippen molar-refractivity contribution in [3.63, 3.8) is 0 Å². The van der Waals surface area contributed by atoms with Crippen LogP contribution in [0.3, 0.4) is 0 Å². The molecule has 0 bridgehead atoms. The van der Waals surface area contributed by atoms with Gasteiger partial charge in [-0.2, -0.15) is 0 Å². The van der Waals surface area contributed by atoms with E-state index in [2.05, 4.69) is 22.8 Å². The van der Waals surface area contributed by atoms with Gasteiger partial charge < -0.3 is 15.4 Å². The second-order valence-corrected chi connectivity index (χ2v) is 5.08. The second-order valence-electron chi connectivity index (χ2n) is 5.08. The monoisotopic (exact) mass is 282 g/mol. The first-order chi connectivity index (χ1) is 10.3. The highest BCUT2D eigenvalue weighted by atomic mass is 16.5. The highest BCUT2D eigenvalue weighted by molar-refractivity contribution is 5.97. The molecule has 4 nitrogen and oxygen atoms in total. The first-order valence-electron chi connectivity index (χ1n) is 7.06. The Morgan fingerprint density at radius 1 is 1.10 bits per heavy atom. The van der Waals surface area contributed by atoms with Crippen LogP contribution in [0, 0.1) is 0 Å². The molecule has 0 spiro atoms. The van der Waals surface area contributed by atoms with E-state index in [1.807, 2.05) is 36.4 Å². The fourth-order valence-corrected chi connectivity index (χ4v) is 2.62. The number of fused-ring (bicyclic) bond motifs is 1. The Hall–Kier alpha value is -2.49. The van der Waals surface area contributed by atoms with Crippen LogP contribution in [-0.2, 0) is 4.79 Å². The molecule has 1 heterocycles. The third-order valence-corrected chi connectivity index (χ3v) is 3.70. The van der Waals surface area contributed by atoms with Crippen LogP contribution in [0.15, 0.2) is 48.5 Å². The number of benzene rings is 2. The lowest BCUT2D eigenvalue weighted by Gasteiger charge is -2.26. The van der Waals surface area contributed by atoms with Crippen molar-refractivity contribution in [2.45, 2.75) is 18.9 Å². The largest absolute Gasteiger partial charge is 0.494 e. The van der Waals surface area contributed by atoms with Gasteiger partial charge in [0.25, 0.3) is 0 Å². The van der Waals surface area contributed by atoms with Crippen LogP contribution in [0.25, 0.3) is 0 Å². The Balaban J connectivity index is 2.00. The number of anilines is 2. The lowest BCUT2D eigenvalue weighted by molar-refractivity contribution is -0.116. The smallest absolute Gasteiger partial charge is 0.224 e. The molecule has 0 radical (unpaired) electrons. The quantitative estimate of drug-likeness (QED) is 0.885. The molecule has 1 unspecified atom stereocenters. The predicted octanol–water partition coefficient (Wildman–Crippen LogP) is 3.58. The summed E-state index contributed by atoms with van der Waals surface area (Å²) in [5, 5.41) is 6.44. The van der Waals surface area contributed by atoms with Crippen LogP contribution in [-0.4, -0.2) is 13.0 Å². The number of carbonyl (C=O) groups is 1. The van der Waals surface area contributed by atoms with Gasteiger partial charge in [-0.25, -0.2) is 0 Å². The fraction of sp³-hybridized carbons (Fsp3) is 0.235. The molecule has 0 aromatic heterocycles. The molecule has 1 atom stereocenters. The highest BCUT2D eigenvalue weighted by Crippen LogP contribution is 2.37. The van der Waals surface area contributed by atoms with E-state index in [0.29, 0.717) is 17.9 Å². The van der Waals surface area contributed by atoms with Crippen LogP contribution < -0.4 is 15.4 Å². The van der Waals surface area contributed by atoms with E-state index in [4.69, 9.17) is 4.74 Å². The number of hydrogen-bond acceptors (Lipinski definition) is 3. The average molecular weight is 282 g/mol. The molecule has 2 N–H and O–H groups in total. The highest BCUT2D eigenvalue weighted by Gasteiger charge is 2.21. The van der Waals surface area contributed by atoms with Gasteiger partial charge in [-0.3, -0.25) is 4.79 Å². The van der Waals surface area contributed by atoms with Crippen LogP contribution in [0.2, 0.25) is 0 Å². The number of carbonyl (C=O) groups excluding carboxylic acids is 1. The Labute approximate surface area is 124 Å². The third-order valence-electron chi connectivity index (χ3n) is 3.70. The molecule has 2 aromatic carbocycles. The van der Waals surface area contributed by atoms with E-state index in [1.165, 1.54) is 5.56 Å². The molecule has 0 fully saturated rings. The van der Waals surface area contributed by atoms with Crippen molar-refractivity contribution in [3.8, 4) is 5.75 Å². The van der Waals surface area contributed by atoms with Crippen molar-refractivity contribution in [1.82, 2.24) is 0 Å². The molecule has 2 aromatic rings. The molecular formula is C17H18N2O2. The summed E-state index contributed by atoms with van der Waals surface area (Å²) in [5.74, 6) is 0.685. The minimum Gasteiger partial charge on any atom is -0.494 e. The number of nitrogens with one attached hydrogen (secondary N) is 2. The van der Waals surface area contributed by atoms with E-state index >= 15 is 0 Å². The summed E-state index contributed by atoms with van der Waals surface area (Å²) in [5.41, 5.74) is 2.78. The van der Waals surface area contributed by atoms with Crippen molar-refractivity contribution in [1.29, 1.82) is 0 Å². The van der Waals surface area contributed by atoms with Gasteiger partial charge in [0.2, 0.25) is 5.91 Å². The first kappa shape index (κ1) is 13.5. The van der Waals surface area contributed by atoms with Crippen LogP contribution in [0.5, 0.6) is 5.75 Å². The first-order valence-corrected chi connectivity index (χ1v) is 7.06. The van der Waals surface area contributed by atoms with E-state index in [0.717, 1.165) is 12.1 Å². The van der Waals surface area contributed by atoms with Gasteiger partial charge in [0.15, 0.2) is 0 Å². The minimum atomic E-state index is 0.0168. The van der Waals surface area contributed by atoms with Crippen molar-refractivity contribution in [2.24, 2.45) is 0 Å². The van der Waals surface area contributed by atoms with Gasteiger partial charge in [-0.15, -0.1) is 0 Å². The molecule has 1 aliphatic rings. The Morgan fingerprint density at radius 2 is 1.90 bits per heavy atom. The zero-order valence-electron chi connectivity index (χ0n) is 11.9. The van der Waals surface area contributed by atoms with Crippen LogP contribution in [0.1, 0.15) is 24.4 Å². The molecule has 0 aliphatic carbocycles. The zero-order valence-corrected chi connectivity index (χ0v) is 11.9. The molecule has 4 heteroatoms. The number of rotatable bonds is 2. The SMILES string of the molecule is COc1cccc2c1NC(=O)CCC(c1ccccc1)N2. The van der Waals surface area contributed by atoms with Crippen molar-refractivity contribution in [3.05, 3.63) is 54.1 Å². The average Bonchev–Trinajstić information content (AvgIpc) is 2.51. The van der Waals surface area contributed by atoms with Crippen molar-refractivity contribution in [2.75, 3.05) is 17.7 Å². The molecule has 1 amide bonds. The zero-order chi connectivity index (χ0) is 14.7. The lowest BCUT2D eigenvalue weighted by atomic mass is 10.00. The topological polar surface area (TPSA) is 50.4 Å². The Bertz CT molecular complexity index is 640. The van der Waals surface area contributed by atoms with Gasteiger partial charge in [0, 0.05) is 6.42 Å². The lowest BCUT2D eigenvalue weighted by Crippen LogP contribution is -2.21. The molecule has 1 aliphatic heterocycles. The molecule has 3 rings (SSSR count). The molecule has 0 saturated heterocycles. The summed E-state index contributed by atoms with van der Waals surface area (Å²) < 4.78 is 5.34. The summed E-state index contributed by atoms with van der Waals surface area (Å²) in [4.78, 5) is 12.0. The third kappa shape index (κ3) is 2.84. The predicted molar refractivity (Wildman–Crippen MR) is 83.7 cm³/mol. The summed E-state index contributed by atoms with van der Waals surface area (Å²) in [7, 11) is 1.61. The Morgan fingerprint density at radius 3 is 2.67 bits per heavy atom. The standard InChI is InChI=1S/C17H18N2O2/c1-21-15-9-5-8-14-17(15)19-16(20)11-10-13(18-14)12-6-3-2-4-7-12/h2-9,13,18H,10-11H2,1H3,(H,19,20). The van der Waals surface area contributed by atoms with E-state index in [-0.39, 0.29) is 11.9 Å². The number of para-hydroxylation sites is 1. The number of hydrogen-bond donors (Lipinski definition) is 2. The van der Waals surface area contributed by atoms with E-state index in [1.54, 1.807) is 7.11 Å². The van der Waals surface area contributed by atoms with Gasteiger partial charge in [0.1, 0.15) is 11.4 Å². The molecule has 21 heavy (non-hydrogen) atoms. The van der Waals surface area contributed by atoms with Gasteiger partial charge in [-0.1, -0.05) is 36.4 Å². The fourth-order valence-electron chi connectivity index (χ4n) is 2.62. The van der Waals surface area contributed by atoms with Crippen molar-refractivity contribution < 1.29 is 9.53 Å². The number of amides is 1. The Kier molecular flexibility index (Phi) is 3.77. The van der Waals surface area contributed by atoms with E-state index < -0.39 is 0 Å². The van der Waals surface area contributed by atoms with Crippen molar-refractivity contribution >= 4 is 17.3 Å². The van der Waals surface area contributed by atoms with Gasteiger partial charge in [-0.05, 0) is 24.1 Å².